The first-order valence-electron chi connectivity index (χ1n) is 5.18. The van der Waals surface area contributed by atoms with E-state index in [1.807, 2.05) is 0 Å². The molecular weight excluding hydrogens is 184 g/mol. The Bertz CT molecular complexity index is 133. The summed E-state index contributed by atoms with van der Waals surface area (Å²) in [5.74, 6) is 1.83. The van der Waals surface area contributed by atoms with Gasteiger partial charge in [-0.3, -0.25) is 0 Å². The molecule has 0 aliphatic heterocycles. The van der Waals surface area contributed by atoms with Gasteiger partial charge < -0.3 is 10.2 Å². The van der Waals surface area contributed by atoms with E-state index < -0.39 is 5.60 Å². The summed E-state index contributed by atoms with van der Waals surface area (Å²) < 4.78 is 0. The highest BCUT2D eigenvalue weighted by Gasteiger charge is 2.28. The van der Waals surface area contributed by atoms with Gasteiger partial charge in [-0.1, -0.05) is 19.3 Å². The largest absolute Gasteiger partial charge is 0.396 e. The number of hydrogen-bond donors (Lipinski definition) is 2. The van der Waals surface area contributed by atoms with E-state index in [2.05, 4.69) is 0 Å². The van der Waals surface area contributed by atoms with Gasteiger partial charge in [0.15, 0.2) is 0 Å². The predicted molar refractivity (Wildman–Crippen MR) is 57.1 cm³/mol. The lowest BCUT2D eigenvalue weighted by Gasteiger charge is -2.31. The zero-order chi connectivity index (χ0) is 9.57. The zero-order valence-corrected chi connectivity index (χ0v) is 8.98. The van der Waals surface area contributed by atoms with Crippen LogP contribution in [0.3, 0.4) is 0 Å². The molecule has 0 saturated heterocycles. The molecule has 1 fully saturated rings. The second kappa shape index (κ2) is 5.89. The van der Waals surface area contributed by atoms with Crippen LogP contribution in [0.4, 0.5) is 0 Å². The van der Waals surface area contributed by atoms with Gasteiger partial charge in [-0.05, 0) is 25.0 Å². The monoisotopic (exact) mass is 204 g/mol. The Morgan fingerprint density at radius 3 is 2.46 bits per heavy atom. The zero-order valence-electron chi connectivity index (χ0n) is 8.17. The van der Waals surface area contributed by atoms with E-state index in [9.17, 15) is 5.11 Å². The Labute approximate surface area is 84.7 Å². The second-order valence-corrected chi connectivity index (χ2v) is 5.02. The third kappa shape index (κ3) is 4.34. The van der Waals surface area contributed by atoms with E-state index in [1.54, 1.807) is 11.8 Å². The highest BCUT2D eigenvalue weighted by atomic mass is 32.2. The Morgan fingerprint density at radius 2 is 1.85 bits per heavy atom. The van der Waals surface area contributed by atoms with Crippen molar-refractivity contribution in [3.05, 3.63) is 0 Å². The summed E-state index contributed by atoms with van der Waals surface area (Å²) in [4.78, 5) is 0. The summed E-state index contributed by atoms with van der Waals surface area (Å²) in [6.07, 6.45) is 6.43. The molecule has 0 heterocycles. The molecule has 0 unspecified atom stereocenters. The van der Waals surface area contributed by atoms with Gasteiger partial charge in [-0.15, -0.1) is 0 Å². The van der Waals surface area contributed by atoms with Crippen LogP contribution in [-0.2, 0) is 0 Å². The first-order valence-corrected chi connectivity index (χ1v) is 6.33. The Kier molecular flexibility index (Phi) is 5.14. The molecule has 0 aromatic carbocycles. The van der Waals surface area contributed by atoms with Crippen LogP contribution in [0.25, 0.3) is 0 Å². The van der Waals surface area contributed by atoms with Gasteiger partial charge in [0.25, 0.3) is 0 Å². The third-order valence-electron chi connectivity index (χ3n) is 2.60. The third-order valence-corrected chi connectivity index (χ3v) is 3.92. The molecule has 1 aliphatic rings. The fourth-order valence-electron chi connectivity index (χ4n) is 1.78. The fourth-order valence-corrected chi connectivity index (χ4v) is 2.93. The van der Waals surface area contributed by atoms with Gasteiger partial charge in [0, 0.05) is 12.4 Å². The maximum absolute atomic E-state index is 10.1. The van der Waals surface area contributed by atoms with E-state index in [0.29, 0.717) is 0 Å². The standard InChI is InChI=1S/C10H20O2S/c11-7-4-8-13-9-10(12)5-2-1-3-6-10/h11-12H,1-9H2. The van der Waals surface area contributed by atoms with Crippen molar-refractivity contribution in [1.82, 2.24) is 0 Å². The van der Waals surface area contributed by atoms with Crippen molar-refractivity contribution in [3.63, 3.8) is 0 Å². The molecule has 1 rings (SSSR count). The van der Waals surface area contributed by atoms with Crippen LogP contribution in [-0.4, -0.2) is 33.9 Å². The molecule has 1 aliphatic carbocycles. The topological polar surface area (TPSA) is 40.5 Å². The predicted octanol–water partition coefficient (Wildman–Crippen LogP) is 1.80. The van der Waals surface area contributed by atoms with Crippen LogP contribution in [0.5, 0.6) is 0 Å². The minimum atomic E-state index is -0.391. The number of aliphatic hydroxyl groups is 2. The minimum absolute atomic E-state index is 0.269. The van der Waals surface area contributed by atoms with Crippen LogP contribution in [0, 0.1) is 0 Å². The Hall–Kier alpha value is 0.270. The quantitative estimate of drug-likeness (QED) is 0.671. The SMILES string of the molecule is OCCCSCC1(O)CCCCC1. The van der Waals surface area contributed by atoms with Crippen molar-refractivity contribution >= 4 is 11.8 Å². The summed E-state index contributed by atoms with van der Waals surface area (Å²) in [7, 11) is 0. The minimum Gasteiger partial charge on any atom is -0.396 e. The number of rotatable bonds is 5. The summed E-state index contributed by atoms with van der Waals surface area (Å²) in [6, 6.07) is 0. The average molecular weight is 204 g/mol. The fraction of sp³-hybridized carbons (Fsp3) is 1.00. The molecule has 0 aromatic heterocycles. The first kappa shape index (κ1) is 11.3. The normalized spacial score (nSPS) is 21.7. The lowest BCUT2D eigenvalue weighted by Crippen LogP contribution is -2.34. The second-order valence-electron chi connectivity index (χ2n) is 3.91. The van der Waals surface area contributed by atoms with Crippen LogP contribution >= 0.6 is 11.8 Å². The molecule has 2 N–H and O–H groups in total. The summed E-state index contributed by atoms with van der Waals surface area (Å²) in [6.45, 7) is 0.269. The van der Waals surface area contributed by atoms with Gasteiger partial charge in [0.1, 0.15) is 0 Å². The molecule has 0 bridgehead atoms. The lowest BCUT2D eigenvalue weighted by molar-refractivity contribution is 0.0273. The molecule has 0 radical (unpaired) electrons. The molecule has 3 heteroatoms. The van der Waals surface area contributed by atoms with Crippen molar-refractivity contribution in [2.45, 2.75) is 44.1 Å². The summed E-state index contributed by atoms with van der Waals surface area (Å²) in [5.41, 5.74) is -0.391. The van der Waals surface area contributed by atoms with E-state index >= 15 is 0 Å². The van der Waals surface area contributed by atoms with Crippen LogP contribution in [0.2, 0.25) is 0 Å². The highest BCUT2D eigenvalue weighted by molar-refractivity contribution is 7.99. The molecular formula is C10H20O2S. The first-order chi connectivity index (χ1) is 6.27. The molecule has 0 atom stereocenters. The number of aliphatic hydroxyl groups excluding tert-OH is 1. The van der Waals surface area contributed by atoms with Crippen molar-refractivity contribution in [3.8, 4) is 0 Å². The lowest BCUT2D eigenvalue weighted by atomic mass is 9.86. The molecule has 0 spiro atoms. The Balaban J connectivity index is 2.10. The smallest absolute Gasteiger partial charge is 0.0737 e. The van der Waals surface area contributed by atoms with Crippen molar-refractivity contribution in [2.24, 2.45) is 0 Å². The van der Waals surface area contributed by atoms with Gasteiger partial charge in [-0.2, -0.15) is 11.8 Å². The van der Waals surface area contributed by atoms with Crippen LogP contribution < -0.4 is 0 Å². The maximum Gasteiger partial charge on any atom is 0.0737 e. The molecule has 13 heavy (non-hydrogen) atoms. The van der Waals surface area contributed by atoms with E-state index in [0.717, 1.165) is 30.8 Å². The molecule has 0 aromatic rings. The van der Waals surface area contributed by atoms with Crippen LogP contribution in [0.15, 0.2) is 0 Å². The van der Waals surface area contributed by atoms with E-state index in [1.165, 1.54) is 19.3 Å². The van der Waals surface area contributed by atoms with Gasteiger partial charge in [-0.25, -0.2) is 0 Å². The Morgan fingerprint density at radius 1 is 1.15 bits per heavy atom. The van der Waals surface area contributed by atoms with Crippen molar-refractivity contribution in [1.29, 1.82) is 0 Å². The van der Waals surface area contributed by atoms with E-state index in [4.69, 9.17) is 5.11 Å². The van der Waals surface area contributed by atoms with Crippen LogP contribution in [0.1, 0.15) is 38.5 Å². The van der Waals surface area contributed by atoms with Gasteiger partial charge in [0.05, 0.1) is 5.60 Å². The van der Waals surface area contributed by atoms with E-state index in [-0.39, 0.29) is 6.61 Å². The van der Waals surface area contributed by atoms with Gasteiger partial charge >= 0.3 is 0 Å². The molecule has 0 amide bonds. The summed E-state index contributed by atoms with van der Waals surface area (Å²) in [5, 5.41) is 18.7. The highest BCUT2D eigenvalue weighted by Crippen LogP contribution is 2.30. The maximum atomic E-state index is 10.1. The van der Waals surface area contributed by atoms with Gasteiger partial charge in [0.2, 0.25) is 0 Å². The van der Waals surface area contributed by atoms with Crippen molar-refractivity contribution in [2.75, 3.05) is 18.1 Å². The average Bonchev–Trinajstić information content (AvgIpc) is 2.14. The molecule has 1 saturated carbocycles. The molecule has 2 nitrogen and oxygen atoms in total. The van der Waals surface area contributed by atoms with Crippen molar-refractivity contribution < 1.29 is 10.2 Å². The summed E-state index contributed by atoms with van der Waals surface area (Å²) >= 11 is 1.77. The molecule has 78 valence electrons. The number of thioether (sulfide) groups is 1. The number of hydrogen-bond acceptors (Lipinski definition) is 3.